The number of aliphatic carboxylic acids is 1. The Bertz CT molecular complexity index is 872. The first-order chi connectivity index (χ1) is 12.8. The number of amides is 1. The molecule has 2 aromatic rings. The maximum atomic E-state index is 12.3. The van der Waals surface area contributed by atoms with E-state index in [0.29, 0.717) is 5.56 Å². The van der Waals surface area contributed by atoms with Crippen molar-refractivity contribution in [3.63, 3.8) is 0 Å². The third-order valence-corrected chi connectivity index (χ3v) is 4.21. The molecule has 9 heteroatoms. The van der Waals surface area contributed by atoms with E-state index < -0.39 is 22.8 Å². The van der Waals surface area contributed by atoms with Gasteiger partial charge in [-0.1, -0.05) is 36.4 Å². The second-order valence-electron chi connectivity index (χ2n) is 5.65. The average Bonchev–Trinajstić information content (AvgIpc) is 2.66. The van der Waals surface area contributed by atoms with Crippen LogP contribution in [0.3, 0.4) is 0 Å². The smallest absolute Gasteiger partial charge is 0.326 e. The van der Waals surface area contributed by atoms with Crippen LogP contribution in [0, 0.1) is 10.1 Å². The molecule has 27 heavy (non-hydrogen) atoms. The minimum atomic E-state index is -1.18. The average molecular weight is 387 g/mol. The van der Waals surface area contributed by atoms with Crippen molar-refractivity contribution in [2.24, 2.45) is 0 Å². The molecule has 140 valence electrons. The van der Waals surface area contributed by atoms with Crippen LogP contribution >= 0.6 is 12.2 Å². The fourth-order valence-corrected chi connectivity index (χ4v) is 2.67. The lowest BCUT2D eigenvalue weighted by molar-refractivity contribution is -0.385. The van der Waals surface area contributed by atoms with Crippen molar-refractivity contribution >= 4 is 34.9 Å². The highest BCUT2D eigenvalue weighted by Gasteiger charge is 2.27. The largest absolute Gasteiger partial charge is 0.480 e. The summed E-state index contributed by atoms with van der Waals surface area (Å²) in [6.45, 7) is 1.25. The zero-order valence-electron chi connectivity index (χ0n) is 14.4. The van der Waals surface area contributed by atoms with Crippen molar-refractivity contribution in [2.75, 3.05) is 0 Å². The Balaban J connectivity index is 2.27. The van der Waals surface area contributed by atoms with Gasteiger partial charge in [-0.2, -0.15) is 0 Å². The van der Waals surface area contributed by atoms with E-state index in [9.17, 15) is 24.8 Å². The molecule has 0 radical (unpaired) electrons. The normalized spacial score (nSPS) is 11.3. The molecule has 0 bridgehead atoms. The molecule has 0 aliphatic rings. The Kier molecular flexibility index (Phi) is 6.56. The number of rotatable bonds is 6. The van der Waals surface area contributed by atoms with Crippen molar-refractivity contribution < 1.29 is 19.6 Å². The van der Waals surface area contributed by atoms with E-state index in [0.717, 1.165) is 0 Å². The van der Waals surface area contributed by atoms with Crippen LogP contribution in [0.4, 0.5) is 5.69 Å². The molecule has 0 saturated heterocycles. The quantitative estimate of drug-likeness (QED) is 0.445. The lowest BCUT2D eigenvalue weighted by atomic mass is 10.1. The zero-order valence-corrected chi connectivity index (χ0v) is 15.2. The van der Waals surface area contributed by atoms with Crippen LogP contribution in [0.15, 0.2) is 54.6 Å². The molecule has 2 rings (SSSR count). The Morgan fingerprint density at radius 2 is 1.78 bits per heavy atom. The van der Waals surface area contributed by atoms with Gasteiger partial charge in [0.05, 0.1) is 11.5 Å². The number of nitrogens with zero attached hydrogens (tertiary/aromatic N) is 2. The molecule has 0 aliphatic carbocycles. The number of hydrogen-bond acceptors (Lipinski definition) is 5. The van der Waals surface area contributed by atoms with Crippen molar-refractivity contribution in [3.05, 3.63) is 75.8 Å². The highest BCUT2D eigenvalue weighted by Crippen LogP contribution is 2.21. The molecule has 1 amide bonds. The molecule has 0 unspecified atom stereocenters. The summed E-state index contributed by atoms with van der Waals surface area (Å²) in [6, 6.07) is 13.2. The maximum absolute atomic E-state index is 12.3. The molecule has 0 spiro atoms. The number of nitro groups is 1. The van der Waals surface area contributed by atoms with Gasteiger partial charge in [-0.15, -0.1) is 0 Å². The number of benzene rings is 2. The van der Waals surface area contributed by atoms with Crippen molar-refractivity contribution in [1.82, 2.24) is 10.2 Å². The first-order valence-corrected chi connectivity index (χ1v) is 8.34. The van der Waals surface area contributed by atoms with E-state index in [1.165, 1.54) is 30.0 Å². The van der Waals surface area contributed by atoms with Gasteiger partial charge in [-0.05, 0) is 31.3 Å². The van der Waals surface area contributed by atoms with Gasteiger partial charge >= 0.3 is 5.97 Å². The zero-order chi connectivity index (χ0) is 20.0. The summed E-state index contributed by atoms with van der Waals surface area (Å²) >= 11 is 5.22. The summed E-state index contributed by atoms with van der Waals surface area (Å²) in [7, 11) is 0. The molecule has 2 aromatic carbocycles. The van der Waals surface area contributed by atoms with Crippen molar-refractivity contribution in [1.29, 1.82) is 0 Å². The number of para-hydroxylation sites is 1. The van der Waals surface area contributed by atoms with Gasteiger partial charge in [0, 0.05) is 17.2 Å². The lowest BCUT2D eigenvalue weighted by Gasteiger charge is -2.29. The van der Waals surface area contributed by atoms with Crippen molar-refractivity contribution in [2.45, 2.75) is 19.5 Å². The first kappa shape index (κ1) is 20.0. The van der Waals surface area contributed by atoms with Gasteiger partial charge < -0.3 is 10.0 Å². The molecule has 2 N–H and O–H groups in total. The third kappa shape index (κ3) is 5.08. The number of thiocarbonyl (C=S) groups is 1. The second-order valence-corrected chi connectivity index (χ2v) is 6.04. The number of hydrogen-bond donors (Lipinski definition) is 2. The molecule has 0 fully saturated rings. The van der Waals surface area contributed by atoms with E-state index in [1.54, 1.807) is 36.4 Å². The van der Waals surface area contributed by atoms with Gasteiger partial charge in [0.2, 0.25) is 0 Å². The number of carbonyl (C=O) groups excluding carboxylic acids is 1. The van der Waals surface area contributed by atoms with Crippen LogP contribution in [-0.2, 0) is 11.3 Å². The summed E-state index contributed by atoms with van der Waals surface area (Å²) in [5.74, 6) is -1.67. The highest BCUT2D eigenvalue weighted by atomic mass is 32.1. The van der Waals surface area contributed by atoms with E-state index >= 15 is 0 Å². The number of carboxylic acids is 1. The van der Waals surface area contributed by atoms with Gasteiger partial charge in [-0.25, -0.2) is 4.79 Å². The van der Waals surface area contributed by atoms with E-state index in [2.05, 4.69) is 5.32 Å². The van der Waals surface area contributed by atoms with Gasteiger partial charge in [0.25, 0.3) is 11.6 Å². The van der Waals surface area contributed by atoms with E-state index in [4.69, 9.17) is 12.2 Å². The highest BCUT2D eigenvalue weighted by molar-refractivity contribution is 7.80. The summed E-state index contributed by atoms with van der Waals surface area (Å²) in [4.78, 5) is 35.6. The fourth-order valence-electron chi connectivity index (χ4n) is 2.35. The number of carboxylic acid groups (broad SMARTS) is 1. The predicted octanol–water partition coefficient (Wildman–Crippen LogP) is 2.58. The molecule has 1 atom stereocenters. The summed E-state index contributed by atoms with van der Waals surface area (Å²) in [6.07, 6.45) is 0. The molecule has 0 saturated carbocycles. The van der Waals surface area contributed by atoms with Crippen LogP contribution in [0.1, 0.15) is 22.8 Å². The minimum Gasteiger partial charge on any atom is -0.480 e. The third-order valence-electron chi connectivity index (χ3n) is 3.87. The molecule has 0 aromatic heterocycles. The lowest BCUT2D eigenvalue weighted by Crippen LogP contribution is -2.49. The number of carbonyl (C=O) groups is 2. The molecular formula is C18H17N3O5S. The van der Waals surface area contributed by atoms with Gasteiger partial charge in [-0.3, -0.25) is 20.2 Å². The monoisotopic (exact) mass is 387 g/mol. The number of nitro benzene ring substituents is 1. The van der Waals surface area contributed by atoms with Crippen LogP contribution in [0.5, 0.6) is 0 Å². The Labute approximate surface area is 160 Å². The van der Waals surface area contributed by atoms with E-state index in [-0.39, 0.29) is 22.9 Å². The van der Waals surface area contributed by atoms with Crippen LogP contribution in [0.2, 0.25) is 0 Å². The van der Waals surface area contributed by atoms with Gasteiger partial charge in [0.15, 0.2) is 5.11 Å². The van der Waals surface area contributed by atoms with E-state index in [1.807, 2.05) is 0 Å². The molecular weight excluding hydrogens is 370 g/mol. The minimum absolute atomic E-state index is 0.128. The maximum Gasteiger partial charge on any atom is 0.326 e. The molecule has 0 aliphatic heterocycles. The SMILES string of the molecule is C[C@@H](C(=O)O)N(Cc1ccccc1[N+](=O)[O-])C(=S)NC(=O)c1ccccc1. The van der Waals surface area contributed by atoms with Crippen LogP contribution in [-0.4, -0.2) is 38.0 Å². The van der Waals surface area contributed by atoms with Crippen LogP contribution in [0.25, 0.3) is 0 Å². The Morgan fingerprint density at radius 3 is 2.37 bits per heavy atom. The Hall–Kier alpha value is -3.33. The van der Waals surface area contributed by atoms with Crippen LogP contribution < -0.4 is 5.32 Å². The Morgan fingerprint density at radius 1 is 1.19 bits per heavy atom. The predicted molar refractivity (Wildman–Crippen MR) is 102 cm³/mol. The summed E-state index contributed by atoms with van der Waals surface area (Å²) < 4.78 is 0. The van der Waals surface area contributed by atoms with Crippen molar-refractivity contribution in [3.8, 4) is 0 Å². The summed E-state index contributed by atoms with van der Waals surface area (Å²) in [5.41, 5.74) is 0.484. The summed E-state index contributed by atoms with van der Waals surface area (Å²) in [5, 5.41) is 22.9. The number of nitrogens with one attached hydrogen (secondary N) is 1. The molecule has 0 heterocycles. The standard InChI is InChI=1S/C18H17N3O5S/c1-12(17(23)24)20(11-14-9-5-6-10-15(14)21(25)26)18(27)19-16(22)13-7-3-2-4-8-13/h2-10,12H,11H2,1H3,(H,23,24)(H,19,22,27)/t12-/m0/s1. The first-order valence-electron chi connectivity index (χ1n) is 7.93. The fraction of sp³-hybridized carbons (Fsp3) is 0.167. The van der Waals surface area contributed by atoms with Gasteiger partial charge in [0.1, 0.15) is 6.04 Å². The topological polar surface area (TPSA) is 113 Å². The molecule has 8 nitrogen and oxygen atoms in total. The second kappa shape index (κ2) is 8.86.